The third kappa shape index (κ3) is 10.1. The molecule has 1 N–H and O–H groups in total. The zero-order valence-electron chi connectivity index (χ0n) is 28.2. The van der Waals surface area contributed by atoms with Crippen LogP contribution >= 0.6 is 11.3 Å². The Morgan fingerprint density at radius 1 is 1.11 bits per heavy atom. The van der Waals surface area contributed by atoms with Crippen molar-refractivity contribution in [2.45, 2.75) is 103 Å². The van der Waals surface area contributed by atoms with E-state index in [1.165, 1.54) is 36.0 Å². The van der Waals surface area contributed by atoms with E-state index in [2.05, 4.69) is 47.7 Å². The number of aliphatic imine (C=N–C) groups is 1. The molecule has 1 aliphatic carbocycles. The minimum absolute atomic E-state index is 0.0588. The Morgan fingerprint density at radius 2 is 1.91 bits per heavy atom. The van der Waals surface area contributed by atoms with Crippen molar-refractivity contribution in [1.29, 1.82) is 0 Å². The molecule has 1 amide bonds. The predicted octanol–water partition coefficient (Wildman–Crippen LogP) is 5.89. The quantitative estimate of drug-likeness (QED) is 0.249. The fraction of sp³-hybridized carbons (Fsp3) is 0.639. The first-order chi connectivity index (χ1) is 22.6. The van der Waals surface area contributed by atoms with Crippen molar-refractivity contribution in [3.8, 4) is 0 Å². The van der Waals surface area contributed by atoms with Gasteiger partial charge in [0.2, 0.25) is 15.9 Å². The molecule has 5 rings (SSSR count). The topological polar surface area (TPSA) is 108 Å². The molecule has 1 saturated heterocycles. The van der Waals surface area contributed by atoms with E-state index in [-0.39, 0.29) is 29.8 Å². The highest BCUT2D eigenvalue weighted by molar-refractivity contribution is 7.88. The summed E-state index contributed by atoms with van der Waals surface area (Å²) >= 11 is 1.65. The average molecular weight is 685 g/mol. The Kier molecular flexibility index (Phi) is 12.5. The molecule has 11 heteroatoms. The molecule has 1 aromatic heterocycles. The highest BCUT2D eigenvalue weighted by Gasteiger charge is 2.41. The van der Waals surface area contributed by atoms with Gasteiger partial charge in [0.25, 0.3) is 6.02 Å². The summed E-state index contributed by atoms with van der Waals surface area (Å²) in [5.74, 6) is 0.483. The molecule has 1 aromatic carbocycles. The van der Waals surface area contributed by atoms with Gasteiger partial charge in [0.1, 0.15) is 12.1 Å². The van der Waals surface area contributed by atoms with Crippen molar-refractivity contribution < 1.29 is 22.7 Å². The lowest BCUT2D eigenvalue weighted by molar-refractivity contribution is -0.146. The van der Waals surface area contributed by atoms with Gasteiger partial charge in [0.15, 0.2) is 5.78 Å². The number of ketones is 1. The van der Waals surface area contributed by atoms with E-state index in [4.69, 9.17) is 9.73 Å². The number of aryl methyl sites for hydroxylation is 2. The van der Waals surface area contributed by atoms with Crippen LogP contribution in [0.2, 0.25) is 0 Å². The SMILES string of the molecule is Cc1cccc([C@@H]2OC(N3CCN(C(=O)[C@@H](CCCCNS(C)(=O)=O)CC4CCCCC4)[C@H](C(=O)CCc4cccs4)C3)=N[C@H]2C)c1. The monoisotopic (exact) mass is 684 g/mol. The van der Waals surface area contributed by atoms with E-state index in [9.17, 15) is 18.0 Å². The molecule has 2 aromatic rings. The number of piperazine rings is 1. The van der Waals surface area contributed by atoms with Crippen LogP contribution in [0.15, 0.2) is 46.8 Å². The molecule has 0 spiro atoms. The first kappa shape index (κ1) is 35.5. The summed E-state index contributed by atoms with van der Waals surface area (Å²) in [6, 6.07) is 12.3. The van der Waals surface area contributed by atoms with Crippen LogP contribution < -0.4 is 4.72 Å². The molecule has 47 heavy (non-hydrogen) atoms. The van der Waals surface area contributed by atoms with Gasteiger partial charge >= 0.3 is 0 Å². The molecule has 9 nitrogen and oxygen atoms in total. The number of amidine groups is 1. The standard InChI is InChI=1S/C36H52N4O5S2/c1-26-11-9-15-29(23-26)34-27(2)38-36(45-34)39-20-21-40(32(25-39)33(41)18-17-31-16-10-22-46-31)35(42)30(24-28-12-5-4-6-13-28)14-7-8-19-37-47(3,43)44/h9-11,15-16,22-23,27-28,30,32,34,37H,4-8,12-14,17-21,24-25H2,1-3H3/t27-,30-,32-,34+/m0/s1. The molecule has 0 radical (unpaired) electrons. The van der Waals surface area contributed by atoms with E-state index in [0.29, 0.717) is 63.8 Å². The summed E-state index contributed by atoms with van der Waals surface area (Å²) in [6.07, 6.45) is 10.9. The molecule has 4 atom stereocenters. The van der Waals surface area contributed by atoms with Gasteiger partial charge in [-0.15, -0.1) is 11.3 Å². The molecule has 1 saturated carbocycles. The number of rotatable bonds is 14. The lowest BCUT2D eigenvalue weighted by atomic mass is 9.80. The molecular formula is C36H52N4O5S2. The summed E-state index contributed by atoms with van der Waals surface area (Å²) in [6.45, 7) is 5.87. The summed E-state index contributed by atoms with van der Waals surface area (Å²) in [4.78, 5) is 38.5. The third-order valence-electron chi connectivity index (χ3n) is 9.89. The second-order valence-electron chi connectivity index (χ2n) is 13.7. The zero-order chi connectivity index (χ0) is 33.4. The molecule has 258 valence electrons. The van der Waals surface area contributed by atoms with E-state index in [1.54, 1.807) is 11.3 Å². The number of thiophene rings is 1. The number of ether oxygens (including phenoxy) is 1. The van der Waals surface area contributed by atoms with Crippen molar-refractivity contribution in [1.82, 2.24) is 14.5 Å². The van der Waals surface area contributed by atoms with Gasteiger partial charge in [0, 0.05) is 43.4 Å². The van der Waals surface area contributed by atoms with Crippen LogP contribution in [0.25, 0.3) is 0 Å². The Bertz CT molecular complexity index is 1470. The Balaban J connectivity index is 1.31. The summed E-state index contributed by atoms with van der Waals surface area (Å²) in [5.41, 5.74) is 2.26. The van der Waals surface area contributed by atoms with Crippen LogP contribution in [0.4, 0.5) is 0 Å². The highest BCUT2D eigenvalue weighted by Crippen LogP contribution is 2.34. The van der Waals surface area contributed by atoms with Crippen molar-refractivity contribution >= 4 is 39.1 Å². The van der Waals surface area contributed by atoms with Crippen LogP contribution in [0.1, 0.15) is 93.2 Å². The largest absolute Gasteiger partial charge is 0.455 e. The Morgan fingerprint density at radius 3 is 2.64 bits per heavy atom. The predicted molar refractivity (Wildman–Crippen MR) is 188 cm³/mol. The zero-order valence-corrected chi connectivity index (χ0v) is 29.9. The summed E-state index contributed by atoms with van der Waals surface area (Å²) in [7, 11) is -3.24. The number of benzene rings is 1. The molecule has 0 unspecified atom stereocenters. The third-order valence-corrected chi connectivity index (χ3v) is 11.6. The van der Waals surface area contributed by atoms with Crippen LogP contribution in [0.5, 0.6) is 0 Å². The van der Waals surface area contributed by atoms with Crippen LogP contribution in [0.3, 0.4) is 0 Å². The van der Waals surface area contributed by atoms with Crippen LogP contribution in [0, 0.1) is 18.8 Å². The van der Waals surface area contributed by atoms with Crippen molar-refractivity contribution in [2.24, 2.45) is 16.8 Å². The maximum absolute atomic E-state index is 14.5. The molecular weight excluding hydrogens is 633 g/mol. The summed E-state index contributed by atoms with van der Waals surface area (Å²) < 4.78 is 32.1. The second kappa shape index (κ2) is 16.6. The van der Waals surface area contributed by atoms with Gasteiger partial charge in [0.05, 0.1) is 12.3 Å². The first-order valence-corrected chi connectivity index (χ1v) is 20.2. The Hall–Kier alpha value is -2.76. The van der Waals surface area contributed by atoms with Gasteiger partial charge in [-0.05, 0) is 62.5 Å². The minimum Gasteiger partial charge on any atom is -0.455 e. The number of unbranched alkanes of at least 4 members (excludes halogenated alkanes) is 1. The highest BCUT2D eigenvalue weighted by atomic mass is 32.2. The van der Waals surface area contributed by atoms with E-state index < -0.39 is 16.1 Å². The fourth-order valence-corrected chi connectivity index (χ4v) is 8.60. The second-order valence-corrected chi connectivity index (χ2v) is 16.6. The van der Waals surface area contributed by atoms with Gasteiger partial charge in [-0.2, -0.15) is 0 Å². The van der Waals surface area contributed by atoms with Crippen LogP contribution in [-0.2, 0) is 30.8 Å². The Labute approximate surface area is 285 Å². The maximum Gasteiger partial charge on any atom is 0.288 e. The van der Waals surface area contributed by atoms with Gasteiger partial charge in [-0.25, -0.2) is 18.1 Å². The lowest BCUT2D eigenvalue weighted by Crippen LogP contribution is -2.60. The average Bonchev–Trinajstić information content (AvgIpc) is 3.72. The van der Waals surface area contributed by atoms with Crippen molar-refractivity contribution in [2.75, 3.05) is 32.4 Å². The molecule has 2 fully saturated rings. The minimum atomic E-state index is -3.24. The van der Waals surface area contributed by atoms with Crippen LogP contribution in [-0.4, -0.2) is 80.4 Å². The molecule has 3 heterocycles. The maximum atomic E-state index is 14.5. The van der Waals surface area contributed by atoms with Gasteiger partial charge in [-0.3, -0.25) is 9.59 Å². The number of carbonyl (C=O) groups excluding carboxylic acids is 2. The van der Waals surface area contributed by atoms with Crippen molar-refractivity contribution in [3.63, 3.8) is 0 Å². The smallest absolute Gasteiger partial charge is 0.288 e. The van der Waals surface area contributed by atoms with E-state index in [0.717, 1.165) is 31.2 Å². The number of nitrogens with one attached hydrogen (secondary N) is 1. The number of hydrogen-bond donors (Lipinski definition) is 1. The number of hydrogen-bond acceptors (Lipinski definition) is 8. The molecule has 3 aliphatic rings. The number of amides is 1. The molecule has 0 bridgehead atoms. The number of sulfonamides is 1. The van der Waals surface area contributed by atoms with Gasteiger partial charge in [-0.1, -0.05) is 74.4 Å². The van der Waals surface area contributed by atoms with Gasteiger partial charge < -0.3 is 14.5 Å². The summed E-state index contributed by atoms with van der Waals surface area (Å²) in [5, 5.41) is 2.03. The fourth-order valence-electron chi connectivity index (χ4n) is 7.37. The lowest BCUT2D eigenvalue weighted by Gasteiger charge is -2.42. The first-order valence-electron chi connectivity index (χ1n) is 17.4. The number of carbonyl (C=O) groups is 2. The normalized spacial score (nSPS) is 23.0. The molecule has 2 aliphatic heterocycles. The van der Waals surface area contributed by atoms with Crippen molar-refractivity contribution in [3.05, 3.63) is 57.8 Å². The number of Topliss-reactive ketones (excluding diaryl/α,β-unsaturated/α-hetero) is 1. The number of nitrogens with zero attached hydrogens (tertiary/aromatic N) is 3. The van der Waals surface area contributed by atoms with E-state index in [1.807, 2.05) is 22.4 Å². The van der Waals surface area contributed by atoms with E-state index >= 15 is 0 Å².